The number of likely N-dealkylation sites (tertiary alicyclic amines) is 1. The molecule has 0 saturated carbocycles. The molecule has 3 heterocycles. The summed E-state index contributed by atoms with van der Waals surface area (Å²) < 4.78 is 13.6. The first-order chi connectivity index (χ1) is 15.4. The summed E-state index contributed by atoms with van der Waals surface area (Å²) in [6, 6.07) is 7.70. The third-order valence-corrected chi connectivity index (χ3v) is 5.87. The van der Waals surface area contributed by atoms with E-state index in [1.165, 1.54) is 19.1 Å². The van der Waals surface area contributed by atoms with Crippen molar-refractivity contribution in [3.8, 4) is 0 Å². The van der Waals surface area contributed by atoms with Crippen LogP contribution in [0.15, 0.2) is 30.3 Å². The molecule has 3 aromatic rings. The molecule has 2 amide bonds. The van der Waals surface area contributed by atoms with Crippen molar-refractivity contribution in [2.45, 2.75) is 38.8 Å². The zero-order chi connectivity index (χ0) is 22.8. The van der Waals surface area contributed by atoms with E-state index in [1.54, 1.807) is 36.0 Å². The van der Waals surface area contributed by atoms with E-state index in [1.807, 2.05) is 6.07 Å². The standard InChI is InChI=1S/C23H27FN6O2/c1-14(31)29(3)13-17-12-21(25-2)28-22(26-17)20-6-4-5-9-30(20)23(32)19-10-15-7-8-16(24)11-18(15)27-19/h7-8,10-12,20,27H,4-6,9,13H2,1-3H3,(H,25,26,28). The Hall–Kier alpha value is -3.49. The minimum atomic E-state index is -0.352. The maximum atomic E-state index is 13.6. The Morgan fingerprint density at radius 3 is 2.81 bits per heavy atom. The van der Waals surface area contributed by atoms with E-state index in [4.69, 9.17) is 4.98 Å². The van der Waals surface area contributed by atoms with Crippen LogP contribution in [0.25, 0.3) is 10.9 Å². The molecular weight excluding hydrogens is 411 g/mol. The van der Waals surface area contributed by atoms with Gasteiger partial charge in [-0.3, -0.25) is 9.59 Å². The SMILES string of the molecule is CNc1cc(CN(C)C(C)=O)nc(C2CCCCN2C(=O)c2cc3ccc(F)cc3[nH]2)n1. The summed E-state index contributed by atoms with van der Waals surface area (Å²) in [4.78, 5) is 40.9. The van der Waals surface area contributed by atoms with Crippen LogP contribution in [0.2, 0.25) is 0 Å². The van der Waals surface area contributed by atoms with Crippen LogP contribution in [0.4, 0.5) is 10.2 Å². The highest BCUT2D eigenvalue weighted by Gasteiger charge is 2.32. The maximum absolute atomic E-state index is 13.6. The molecular formula is C23H27FN6O2. The van der Waals surface area contributed by atoms with Crippen molar-refractivity contribution in [2.75, 3.05) is 26.0 Å². The molecule has 0 spiro atoms. The summed E-state index contributed by atoms with van der Waals surface area (Å²) in [6.07, 6.45) is 2.60. The minimum absolute atomic E-state index is 0.0547. The van der Waals surface area contributed by atoms with Crippen molar-refractivity contribution >= 4 is 28.5 Å². The van der Waals surface area contributed by atoms with E-state index in [9.17, 15) is 14.0 Å². The number of fused-ring (bicyclic) bond motifs is 1. The molecule has 1 aliphatic rings. The molecule has 2 N–H and O–H groups in total. The highest BCUT2D eigenvalue weighted by Crippen LogP contribution is 2.31. The molecule has 168 valence electrons. The number of carbonyl (C=O) groups excluding carboxylic acids is 2. The number of hydrogen-bond donors (Lipinski definition) is 2. The number of aromatic nitrogens is 3. The minimum Gasteiger partial charge on any atom is -0.373 e. The smallest absolute Gasteiger partial charge is 0.270 e. The summed E-state index contributed by atoms with van der Waals surface area (Å²) in [6.45, 7) is 2.45. The molecule has 8 nitrogen and oxygen atoms in total. The molecule has 4 rings (SSSR count). The first kappa shape index (κ1) is 21.7. The molecule has 9 heteroatoms. The van der Waals surface area contributed by atoms with Crippen molar-refractivity contribution in [2.24, 2.45) is 0 Å². The number of H-pyrrole nitrogens is 1. The second-order valence-electron chi connectivity index (χ2n) is 8.15. The summed E-state index contributed by atoms with van der Waals surface area (Å²) in [5.41, 5.74) is 1.71. The van der Waals surface area contributed by atoms with Gasteiger partial charge in [0.2, 0.25) is 5.91 Å². The predicted octanol–water partition coefficient (Wildman–Crippen LogP) is 3.48. The zero-order valence-corrected chi connectivity index (χ0v) is 18.5. The number of halogens is 1. The van der Waals surface area contributed by atoms with Crippen LogP contribution in [-0.2, 0) is 11.3 Å². The monoisotopic (exact) mass is 438 g/mol. The number of aromatic amines is 1. The third kappa shape index (κ3) is 4.42. The van der Waals surface area contributed by atoms with E-state index in [0.717, 1.165) is 24.6 Å². The number of piperidine rings is 1. The Bertz CT molecular complexity index is 1160. The van der Waals surface area contributed by atoms with Crippen LogP contribution in [0.5, 0.6) is 0 Å². The zero-order valence-electron chi connectivity index (χ0n) is 18.5. The number of amides is 2. The van der Waals surface area contributed by atoms with Gasteiger partial charge in [0, 0.05) is 44.5 Å². The highest BCUT2D eigenvalue weighted by atomic mass is 19.1. The van der Waals surface area contributed by atoms with Crippen LogP contribution >= 0.6 is 0 Å². The molecule has 1 aliphatic heterocycles. The lowest BCUT2D eigenvalue weighted by atomic mass is 10.0. The van der Waals surface area contributed by atoms with Crippen LogP contribution in [-0.4, -0.2) is 57.2 Å². The summed E-state index contributed by atoms with van der Waals surface area (Å²) >= 11 is 0. The number of anilines is 1. The van der Waals surface area contributed by atoms with Gasteiger partial charge in [-0.05, 0) is 43.5 Å². The maximum Gasteiger partial charge on any atom is 0.270 e. The normalized spacial score (nSPS) is 16.2. The van der Waals surface area contributed by atoms with Gasteiger partial charge in [0.25, 0.3) is 5.91 Å². The molecule has 0 aliphatic carbocycles. The lowest BCUT2D eigenvalue weighted by molar-refractivity contribution is -0.128. The van der Waals surface area contributed by atoms with Gasteiger partial charge < -0.3 is 20.1 Å². The molecule has 0 bridgehead atoms. The van der Waals surface area contributed by atoms with E-state index in [0.29, 0.717) is 41.6 Å². The van der Waals surface area contributed by atoms with Crippen LogP contribution < -0.4 is 5.32 Å². The topological polar surface area (TPSA) is 94.2 Å². The number of rotatable bonds is 5. The number of carbonyl (C=O) groups is 2. The average Bonchev–Trinajstić information content (AvgIpc) is 3.21. The fourth-order valence-corrected chi connectivity index (χ4v) is 4.04. The van der Waals surface area contributed by atoms with Gasteiger partial charge in [0.05, 0.1) is 18.3 Å². The number of nitrogens with one attached hydrogen (secondary N) is 2. The lowest BCUT2D eigenvalue weighted by Crippen LogP contribution is -2.39. The average molecular weight is 439 g/mol. The van der Waals surface area contributed by atoms with Gasteiger partial charge in [-0.25, -0.2) is 14.4 Å². The Kier molecular flexibility index (Phi) is 6.07. The van der Waals surface area contributed by atoms with Gasteiger partial charge >= 0.3 is 0 Å². The molecule has 1 fully saturated rings. The van der Waals surface area contributed by atoms with Crippen LogP contribution in [0.3, 0.4) is 0 Å². The van der Waals surface area contributed by atoms with E-state index in [-0.39, 0.29) is 23.7 Å². The van der Waals surface area contributed by atoms with Crippen molar-refractivity contribution < 1.29 is 14.0 Å². The number of benzene rings is 1. The quantitative estimate of drug-likeness (QED) is 0.636. The van der Waals surface area contributed by atoms with Crippen molar-refractivity contribution in [1.29, 1.82) is 0 Å². The lowest BCUT2D eigenvalue weighted by Gasteiger charge is -2.34. The van der Waals surface area contributed by atoms with Gasteiger partial charge in [-0.15, -0.1) is 0 Å². The van der Waals surface area contributed by atoms with Crippen molar-refractivity contribution in [1.82, 2.24) is 24.8 Å². The highest BCUT2D eigenvalue weighted by molar-refractivity contribution is 5.98. The summed E-state index contributed by atoms with van der Waals surface area (Å²) in [7, 11) is 3.50. The second kappa shape index (κ2) is 8.94. The van der Waals surface area contributed by atoms with Gasteiger partial charge in [-0.1, -0.05) is 0 Å². The first-order valence-electron chi connectivity index (χ1n) is 10.7. The molecule has 1 atom stereocenters. The van der Waals surface area contributed by atoms with Gasteiger partial charge in [0.15, 0.2) is 5.82 Å². The number of nitrogens with zero attached hydrogens (tertiary/aromatic N) is 4. The van der Waals surface area contributed by atoms with Gasteiger partial charge in [0.1, 0.15) is 17.3 Å². The van der Waals surface area contributed by atoms with Gasteiger partial charge in [-0.2, -0.15) is 0 Å². The Morgan fingerprint density at radius 1 is 1.25 bits per heavy atom. The summed E-state index contributed by atoms with van der Waals surface area (Å²) in [5, 5.41) is 3.83. The number of hydrogen-bond acceptors (Lipinski definition) is 5. The van der Waals surface area contributed by atoms with Crippen LogP contribution in [0, 0.1) is 5.82 Å². The molecule has 1 saturated heterocycles. The van der Waals surface area contributed by atoms with E-state index >= 15 is 0 Å². The predicted molar refractivity (Wildman–Crippen MR) is 120 cm³/mol. The summed E-state index contributed by atoms with van der Waals surface area (Å²) in [5.74, 6) is 0.627. The second-order valence-corrected chi connectivity index (χ2v) is 8.15. The fourth-order valence-electron chi connectivity index (χ4n) is 4.04. The molecule has 1 aromatic carbocycles. The van der Waals surface area contributed by atoms with Crippen molar-refractivity contribution in [3.63, 3.8) is 0 Å². The fraction of sp³-hybridized carbons (Fsp3) is 0.391. The molecule has 32 heavy (non-hydrogen) atoms. The van der Waals surface area contributed by atoms with Crippen LogP contribution in [0.1, 0.15) is 54.2 Å². The van der Waals surface area contributed by atoms with E-state index < -0.39 is 0 Å². The largest absolute Gasteiger partial charge is 0.373 e. The van der Waals surface area contributed by atoms with E-state index in [2.05, 4.69) is 15.3 Å². The van der Waals surface area contributed by atoms with Crippen molar-refractivity contribution in [3.05, 3.63) is 53.4 Å². The third-order valence-electron chi connectivity index (χ3n) is 5.87. The molecule has 1 unspecified atom stereocenters. The molecule has 2 aromatic heterocycles. The Labute approximate surface area is 185 Å². The Morgan fingerprint density at radius 2 is 2.06 bits per heavy atom. The Balaban J connectivity index is 1.66. The molecule has 0 radical (unpaired) electrons. The first-order valence-corrected chi connectivity index (χ1v) is 10.7.